The van der Waals surface area contributed by atoms with Gasteiger partial charge in [0.05, 0.1) is 18.8 Å². The van der Waals surface area contributed by atoms with E-state index in [1.807, 2.05) is 0 Å². The summed E-state index contributed by atoms with van der Waals surface area (Å²) in [5.41, 5.74) is 0. The van der Waals surface area contributed by atoms with Gasteiger partial charge >= 0.3 is 0 Å². The Labute approximate surface area is 380 Å². The predicted octanol–water partition coefficient (Wildman–Crippen LogP) is 15.5. The Bertz CT molecular complexity index is 924. The van der Waals surface area contributed by atoms with Crippen molar-refractivity contribution >= 4 is 5.91 Å². The second-order valence-corrected chi connectivity index (χ2v) is 18.9. The molecule has 0 fully saturated rings. The summed E-state index contributed by atoms with van der Waals surface area (Å²) in [6.45, 7) is 4.04. The highest BCUT2D eigenvalue weighted by molar-refractivity contribution is 5.80. The molecule has 0 aromatic heterocycles. The predicted molar refractivity (Wildman–Crippen MR) is 265 cm³/mol. The molecular weight excluding hydrogens is 755 g/mol. The first kappa shape index (κ1) is 59.8. The minimum atomic E-state index is -1.29. The fourth-order valence-corrected chi connectivity index (χ4v) is 8.60. The van der Waals surface area contributed by atoms with Gasteiger partial charge in [0.25, 0.3) is 0 Å². The van der Waals surface area contributed by atoms with Crippen LogP contribution in [0.2, 0.25) is 0 Å². The number of aliphatic hydroxyl groups is 4. The second-order valence-electron chi connectivity index (χ2n) is 18.9. The lowest BCUT2D eigenvalue weighted by Gasteiger charge is -2.27. The van der Waals surface area contributed by atoms with Gasteiger partial charge in [-0.1, -0.05) is 263 Å². The van der Waals surface area contributed by atoms with Gasteiger partial charge in [-0.2, -0.15) is 0 Å². The maximum atomic E-state index is 12.6. The van der Waals surface area contributed by atoms with Gasteiger partial charge < -0.3 is 25.7 Å². The Morgan fingerprint density at radius 3 is 1.03 bits per heavy atom. The summed E-state index contributed by atoms with van der Waals surface area (Å²) in [5.74, 6) is -0.593. The number of hydrogen-bond acceptors (Lipinski definition) is 5. The first-order valence-corrected chi connectivity index (χ1v) is 27.2. The number of allylic oxidation sites excluding steroid dienone is 4. The highest BCUT2D eigenvalue weighted by Gasteiger charge is 2.28. The maximum Gasteiger partial charge on any atom is 0.249 e. The van der Waals surface area contributed by atoms with Crippen LogP contribution in [0, 0.1) is 0 Å². The van der Waals surface area contributed by atoms with Crippen molar-refractivity contribution in [1.82, 2.24) is 5.32 Å². The van der Waals surface area contributed by atoms with Gasteiger partial charge in [0.1, 0.15) is 12.2 Å². The molecule has 0 radical (unpaired) electrons. The van der Waals surface area contributed by atoms with Gasteiger partial charge in [0.15, 0.2) is 0 Å². The molecule has 0 aliphatic heterocycles. The summed E-state index contributed by atoms with van der Waals surface area (Å²) >= 11 is 0. The first-order chi connectivity index (χ1) is 30.0. The van der Waals surface area contributed by atoms with E-state index < -0.39 is 36.9 Å². The average molecular weight is 862 g/mol. The van der Waals surface area contributed by atoms with Crippen LogP contribution in [0.1, 0.15) is 290 Å². The van der Waals surface area contributed by atoms with Crippen LogP contribution in [0.4, 0.5) is 0 Å². The van der Waals surface area contributed by atoms with E-state index in [0.717, 1.165) is 38.5 Å². The molecule has 362 valence electrons. The Balaban J connectivity index is 3.57. The zero-order chi connectivity index (χ0) is 44.5. The van der Waals surface area contributed by atoms with Gasteiger partial charge in [-0.15, -0.1) is 0 Å². The smallest absolute Gasteiger partial charge is 0.249 e. The number of rotatable bonds is 50. The molecule has 6 nitrogen and oxygen atoms in total. The summed E-state index contributed by atoms with van der Waals surface area (Å²) in [6, 6.07) is -1.01. The van der Waals surface area contributed by atoms with E-state index in [0.29, 0.717) is 19.3 Å². The van der Waals surface area contributed by atoms with Crippen molar-refractivity contribution in [2.45, 2.75) is 314 Å². The van der Waals surface area contributed by atoms with Crippen molar-refractivity contribution in [3.63, 3.8) is 0 Å². The van der Waals surface area contributed by atoms with Crippen LogP contribution in [0.5, 0.6) is 0 Å². The van der Waals surface area contributed by atoms with E-state index in [9.17, 15) is 25.2 Å². The van der Waals surface area contributed by atoms with E-state index in [1.165, 1.54) is 218 Å². The Hall–Kier alpha value is -1.21. The third-order valence-corrected chi connectivity index (χ3v) is 12.9. The van der Waals surface area contributed by atoms with Crippen molar-refractivity contribution in [3.05, 3.63) is 24.3 Å². The normalized spacial score (nSPS) is 14.0. The highest BCUT2D eigenvalue weighted by atomic mass is 16.3. The molecule has 0 aromatic carbocycles. The number of nitrogens with one attached hydrogen (secondary N) is 1. The van der Waals surface area contributed by atoms with E-state index in [1.54, 1.807) is 0 Å². The zero-order valence-electron chi connectivity index (χ0n) is 40.9. The minimum Gasteiger partial charge on any atom is -0.394 e. The molecule has 1 amide bonds. The van der Waals surface area contributed by atoms with Gasteiger partial charge in [0.2, 0.25) is 5.91 Å². The van der Waals surface area contributed by atoms with Gasteiger partial charge in [0, 0.05) is 0 Å². The summed E-state index contributed by atoms with van der Waals surface area (Å²) in [7, 11) is 0. The SMILES string of the molecule is CCCCCCC/C=C/CC/C=C/CCCC(O)C(O)C(CO)NC(=O)C(O)CCCCCCCCCCCCCCCCCCCCCCCCCCCCCCCCC. The van der Waals surface area contributed by atoms with Crippen molar-refractivity contribution < 1.29 is 25.2 Å². The van der Waals surface area contributed by atoms with Crippen molar-refractivity contribution in [2.24, 2.45) is 0 Å². The number of aliphatic hydroxyl groups excluding tert-OH is 4. The molecule has 0 bridgehead atoms. The Kier molecular flexibility index (Phi) is 48.8. The first-order valence-electron chi connectivity index (χ1n) is 27.2. The molecule has 0 saturated heterocycles. The Morgan fingerprint density at radius 2 is 0.689 bits per heavy atom. The molecule has 4 unspecified atom stereocenters. The van der Waals surface area contributed by atoms with E-state index >= 15 is 0 Å². The summed E-state index contributed by atoms with van der Waals surface area (Å²) in [4.78, 5) is 12.6. The summed E-state index contributed by atoms with van der Waals surface area (Å²) < 4.78 is 0. The fraction of sp³-hybridized carbons (Fsp3) is 0.909. The molecule has 0 heterocycles. The van der Waals surface area contributed by atoms with Crippen LogP contribution in [-0.2, 0) is 4.79 Å². The number of amides is 1. The molecule has 0 aliphatic carbocycles. The standard InChI is InChI=1S/C55H107NO5/c1-3-5-7-9-11-13-15-17-19-20-21-22-23-24-25-26-27-28-29-30-31-32-33-34-35-37-39-41-43-45-47-49-53(59)55(61)56-51(50-57)54(60)52(58)48-46-44-42-40-38-36-18-16-14-12-10-8-6-4-2/h16,18,40,42,51-54,57-60H,3-15,17,19-39,41,43-50H2,1-2H3,(H,56,61)/b18-16+,42-40+. The average Bonchev–Trinajstić information content (AvgIpc) is 3.26. The molecule has 0 aliphatic rings. The lowest BCUT2D eigenvalue weighted by atomic mass is 10.00. The third-order valence-electron chi connectivity index (χ3n) is 12.9. The molecule has 0 spiro atoms. The van der Waals surface area contributed by atoms with Gasteiger partial charge in [-0.25, -0.2) is 0 Å². The fourth-order valence-electron chi connectivity index (χ4n) is 8.60. The van der Waals surface area contributed by atoms with Crippen LogP contribution in [0.15, 0.2) is 24.3 Å². The van der Waals surface area contributed by atoms with Crippen LogP contribution >= 0.6 is 0 Å². The van der Waals surface area contributed by atoms with Crippen molar-refractivity contribution in [3.8, 4) is 0 Å². The van der Waals surface area contributed by atoms with E-state index in [-0.39, 0.29) is 0 Å². The maximum absolute atomic E-state index is 12.6. The van der Waals surface area contributed by atoms with Gasteiger partial charge in [-0.05, 0) is 51.4 Å². The Morgan fingerprint density at radius 1 is 0.393 bits per heavy atom. The molecule has 0 aromatic rings. The molecule has 0 rings (SSSR count). The van der Waals surface area contributed by atoms with Crippen LogP contribution in [-0.4, -0.2) is 57.3 Å². The number of unbranched alkanes of at least 4 members (excludes halogenated alkanes) is 37. The molecular formula is C55H107NO5. The lowest BCUT2D eigenvalue weighted by Crippen LogP contribution is -2.53. The van der Waals surface area contributed by atoms with E-state index in [4.69, 9.17) is 0 Å². The lowest BCUT2D eigenvalue weighted by molar-refractivity contribution is -0.132. The van der Waals surface area contributed by atoms with Crippen molar-refractivity contribution in [2.75, 3.05) is 6.61 Å². The minimum absolute atomic E-state index is 0.364. The quantitative estimate of drug-likeness (QED) is 0.0309. The number of hydrogen-bond donors (Lipinski definition) is 5. The van der Waals surface area contributed by atoms with Crippen LogP contribution < -0.4 is 5.32 Å². The molecule has 61 heavy (non-hydrogen) atoms. The van der Waals surface area contributed by atoms with Crippen LogP contribution in [0.25, 0.3) is 0 Å². The second kappa shape index (κ2) is 49.8. The third kappa shape index (κ3) is 43.8. The van der Waals surface area contributed by atoms with E-state index in [2.05, 4.69) is 43.5 Å². The zero-order valence-corrected chi connectivity index (χ0v) is 40.9. The summed E-state index contributed by atoms with van der Waals surface area (Å²) in [6.07, 6.45) is 59.7. The monoisotopic (exact) mass is 862 g/mol. The summed E-state index contributed by atoms with van der Waals surface area (Å²) in [5, 5.41) is 43.8. The largest absolute Gasteiger partial charge is 0.394 e. The number of carbonyl (C=O) groups is 1. The molecule has 5 N–H and O–H groups in total. The highest BCUT2D eigenvalue weighted by Crippen LogP contribution is 2.18. The molecule has 4 atom stereocenters. The molecule has 0 saturated carbocycles. The van der Waals surface area contributed by atoms with Crippen LogP contribution in [0.3, 0.4) is 0 Å². The topological polar surface area (TPSA) is 110 Å². The van der Waals surface area contributed by atoms with Crippen molar-refractivity contribution in [1.29, 1.82) is 0 Å². The van der Waals surface area contributed by atoms with Gasteiger partial charge in [-0.3, -0.25) is 4.79 Å². The number of carbonyl (C=O) groups excluding carboxylic acids is 1. The molecule has 6 heteroatoms.